The second-order valence-electron chi connectivity index (χ2n) is 11.7. The van der Waals surface area contributed by atoms with Crippen LogP contribution in [-0.4, -0.2) is 98.0 Å². The first-order chi connectivity index (χ1) is 19.9. The van der Waals surface area contributed by atoms with Gasteiger partial charge in [-0.25, -0.2) is 0 Å². The molecule has 2 heterocycles. The average Bonchev–Trinajstić information content (AvgIpc) is 2.98. The van der Waals surface area contributed by atoms with Gasteiger partial charge in [-0.05, 0) is 70.9 Å². The Morgan fingerprint density at radius 3 is 2.39 bits per heavy atom. The Hall–Kier alpha value is -2.04. The van der Waals surface area contributed by atoms with Gasteiger partial charge in [0, 0.05) is 31.7 Å². The number of benzene rings is 1. The molecule has 2 fully saturated rings. The summed E-state index contributed by atoms with van der Waals surface area (Å²) < 4.78 is 18.2. The van der Waals surface area contributed by atoms with Crippen molar-refractivity contribution in [2.24, 2.45) is 0 Å². The highest BCUT2D eigenvalue weighted by molar-refractivity contribution is 5.95. The van der Waals surface area contributed by atoms with Crippen molar-refractivity contribution in [2.75, 3.05) is 65.1 Å². The summed E-state index contributed by atoms with van der Waals surface area (Å²) in [6.45, 7) is 15.5. The number of likely N-dealkylation sites (N-methyl/N-ethyl adjacent to an activating group) is 1. The average molecular weight is 576 g/mol. The molecular weight excluding hydrogens is 520 g/mol. The predicted molar refractivity (Wildman–Crippen MR) is 162 cm³/mol. The van der Waals surface area contributed by atoms with E-state index >= 15 is 0 Å². The largest absolute Gasteiger partial charge is 0.342 e. The molecule has 1 aromatic rings. The summed E-state index contributed by atoms with van der Waals surface area (Å²) in [5, 5.41) is 3.26. The number of aryl methyl sites for hydroxylation is 2. The first-order valence-electron chi connectivity index (χ1n) is 15.9. The number of anilines is 1. The standard InChI is InChI=1S/C32H54N4O5/c1-6-9-20-36(21-13-11-18-29(36)31(37)33-30-26(4)15-14-16-27(30)5)23-40-25-41-24-39-22-35-19-12-10-17-28(35)32(38)34(7-2)8-3/h14-16,28-29H,6-13,17-25H2,1-5H3/p+1. The number of quaternary nitrogens is 1. The van der Waals surface area contributed by atoms with Crippen LogP contribution in [-0.2, 0) is 23.8 Å². The molecule has 3 unspecified atom stereocenters. The highest BCUT2D eigenvalue weighted by Crippen LogP contribution is 2.29. The van der Waals surface area contributed by atoms with Gasteiger partial charge in [-0.2, -0.15) is 0 Å². The van der Waals surface area contributed by atoms with Crippen molar-refractivity contribution in [1.29, 1.82) is 0 Å². The first-order valence-corrected chi connectivity index (χ1v) is 15.9. The minimum absolute atomic E-state index is 0.0846. The number of hydrogen-bond donors (Lipinski definition) is 1. The van der Waals surface area contributed by atoms with Gasteiger partial charge >= 0.3 is 0 Å². The fourth-order valence-corrected chi connectivity index (χ4v) is 6.45. The monoisotopic (exact) mass is 575 g/mol. The highest BCUT2D eigenvalue weighted by atomic mass is 16.7. The number of ether oxygens (including phenoxy) is 3. The SMILES string of the molecule is CCCC[N+]1(COCOCOCN2CCCCC2C(=O)N(CC)CC)CCCCC1C(=O)Nc1c(C)cccc1C. The zero-order valence-corrected chi connectivity index (χ0v) is 26.3. The number of piperidine rings is 2. The molecule has 41 heavy (non-hydrogen) atoms. The van der Waals surface area contributed by atoms with Crippen molar-refractivity contribution in [2.45, 2.75) is 98.1 Å². The van der Waals surface area contributed by atoms with Gasteiger partial charge in [-0.3, -0.25) is 19.0 Å². The molecule has 2 amide bonds. The normalized spacial score (nSPS) is 23.3. The lowest BCUT2D eigenvalue weighted by Crippen LogP contribution is -2.63. The summed E-state index contributed by atoms with van der Waals surface area (Å²) in [7, 11) is 0. The number of para-hydroxylation sites is 1. The molecule has 0 bridgehead atoms. The molecule has 0 saturated carbocycles. The number of nitrogens with one attached hydrogen (secondary N) is 1. The van der Waals surface area contributed by atoms with Crippen molar-refractivity contribution in [3.8, 4) is 0 Å². The van der Waals surface area contributed by atoms with Gasteiger partial charge in [-0.15, -0.1) is 0 Å². The Balaban J connectivity index is 1.51. The van der Waals surface area contributed by atoms with E-state index in [1.807, 2.05) is 50.8 Å². The molecule has 232 valence electrons. The fraction of sp³-hybridized carbons (Fsp3) is 0.750. The van der Waals surface area contributed by atoms with Crippen LogP contribution in [0.4, 0.5) is 5.69 Å². The number of carbonyl (C=O) groups excluding carboxylic acids is 2. The minimum Gasteiger partial charge on any atom is -0.342 e. The molecule has 0 aliphatic carbocycles. The molecular formula is C32H55N4O5+. The lowest BCUT2D eigenvalue weighted by Gasteiger charge is -2.46. The Morgan fingerprint density at radius 1 is 0.976 bits per heavy atom. The van der Waals surface area contributed by atoms with Gasteiger partial charge in [0.25, 0.3) is 5.91 Å². The Morgan fingerprint density at radius 2 is 1.68 bits per heavy atom. The van der Waals surface area contributed by atoms with Gasteiger partial charge < -0.3 is 24.4 Å². The molecule has 1 N–H and O–H groups in total. The van der Waals surface area contributed by atoms with E-state index in [1.165, 1.54) is 0 Å². The Labute approximate surface area is 248 Å². The lowest BCUT2D eigenvalue weighted by molar-refractivity contribution is -0.964. The molecule has 0 radical (unpaired) electrons. The summed E-state index contributed by atoms with van der Waals surface area (Å²) in [6.07, 6.45) is 8.14. The minimum atomic E-state index is -0.148. The summed E-state index contributed by atoms with van der Waals surface area (Å²) in [5.41, 5.74) is 3.09. The van der Waals surface area contributed by atoms with Crippen molar-refractivity contribution in [1.82, 2.24) is 9.80 Å². The second-order valence-corrected chi connectivity index (χ2v) is 11.7. The van der Waals surface area contributed by atoms with E-state index < -0.39 is 0 Å². The molecule has 2 aliphatic heterocycles. The second kappa shape index (κ2) is 17.2. The summed E-state index contributed by atoms with van der Waals surface area (Å²) in [4.78, 5) is 30.7. The van der Waals surface area contributed by atoms with E-state index in [-0.39, 0.29) is 37.5 Å². The van der Waals surface area contributed by atoms with Crippen molar-refractivity contribution >= 4 is 17.5 Å². The van der Waals surface area contributed by atoms with Crippen LogP contribution in [0.2, 0.25) is 0 Å². The van der Waals surface area contributed by atoms with E-state index in [0.29, 0.717) is 17.9 Å². The van der Waals surface area contributed by atoms with Crippen molar-refractivity contribution in [3.63, 3.8) is 0 Å². The number of likely N-dealkylation sites (tertiary alicyclic amines) is 2. The Bertz CT molecular complexity index is 936. The number of nitrogens with zero attached hydrogens (tertiary/aromatic N) is 3. The maximum atomic E-state index is 13.7. The van der Waals surface area contributed by atoms with Crippen LogP contribution in [0.25, 0.3) is 0 Å². The van der Waals surface area contributed by atoms with Crippen molar-refractivity contribution in [3.05, 3.63) is 29.3 Å². The van der Waals surface area contributed by atoms with Gasteiger partial charge in [0.05, 0.1) is 19.1 Å². The third-order valence-corrected chi connectivity index (χ3v) is 8.89. The maximum absolute atomic E-state index is 13.7. The van der Waals surface area contributed by atoms with Gasteiger partial charge in [-0.1, -0.05) is 38.0 Å². The highest BCUT2D eigenvalue weighted by Gasteiger charge is 2.44. The summed E-state index contributed by atoms with van der Waals surface area (Å²) in [5.74, 6) is 0.280. The van der Waals surface area contributed by atoms with Crippen LogP contribution in [0, 0.1) is 13.8 Å². The molecule has 2 aliphatic rings. The molecule has 0 spiro atoms. The maximum Gasteiger partial charge on any atom is 0.282 e. The van der Waals surface area contributed by atoms with Crippen LogP contribution in [0.1, 0.15) is 83.3 Å². The smallest absolute Gasteiger partial charge is 0.282 e. The molecule has 9 heteroatoms. The van der Waals surface area contributed by atoms with Gasteiger partial charge in [0.1, 0.15) is 6.73 Å². The molecule has 3 rings (SSSR count). The third kappa shape index (κ3) is 9.22. The molecule has 1 aromatic carbocycles. The van der Waals surface area contributed by atoms with Crippen LogP contribution in [0.5, 0.6) is 0 Å². The lowest BCUT2D eigenvalue weighted by atomic mass is 9.96. The fourth-order valence-electron chi connectivity index (χ4n) is 6.45. The van der Waals surface area contributed by atoms with Crippen LogP contribution in [0.3, 0.4) is 0 Å². The number of rotatable bonds is 16. The molecule has 9 nitrogen and oxygen atoms in total. The zero-order chi connectivity index (χ0) is 29.7. The number of hydrogen-bond acceptors (Lipinski definition) is 6. The van der Waals surface area contributed by atoms with Crippen molar-refractivity contribution < 1.29 is 28.3 Å². The predicted octanol–water partition coefficient (Wildman–Crippen LogP) is 5.01. The summed E-state index contributed by atoms with van der Waals surface area (Å²) in [6, 6.07) is 5.84. The molecule has 0 aromatic heterocycles. The molecule has 2 saturated heterocycles. The number of unbranched alkanes of at least 4 members (excludes halogenated alkanes) is 1. The van der Waals surface area contributed by atoms with E-state index in [9.17, 15) is 9.59 Å². The third-order valence-electron chi connectivity index (χ3n) is 8.89. The quantitative estimate of drug-likeness (QED) is 0.170. The zero-order valence-electron chi connectivity index (χ0n) is 26.3. The van der Waals surface area contributed by atoms with E-state index in [4.69, 9.17) is 14.2 Å². The first kappa shape index (κ1) is 33.5. The van der Waals surface area contributed by atoms with Crippen LogP contribution in [0.15, 0.2) is 18.2 Å². The van der Waals surface area contributed by atoms with E-state index in [0.717, 1.165) is 101 Å². The Kier molecular flexibility index (Phi) is 14.0. The summed E-state index contributed by atoms with van der Waals surface area (Å²) >= 11 is 0. The molecule has 3 atom stereocenters. The number of amides is 2. The number of carbonyl (C=O) groups is 2. The van der Waals surface area contributed by atoms with Crippen LogP contribution < -0.4 is 5.32 Å². The van der Waals surface area contributed by atoms with Gasteiger partial charge in [0.15, 0.2) is 26.4 Å². The van der Waals surface area contributed by atoms with E-state index in [2.05, 4.69) is 17.1 Å². The van der Waals surface area contributed by atoms with Crippen LogP contribution >= 0.6 is 0 Å². The van der Waals surface area contributed by atoms with E-state index in [1.54, 1.807) is 0 Å². The van der Waals surface area contributed by atoms with Gasteiger partial charge in [0.2, 0.25) is 5.91 Å². The topological polar surface area (TPSA) is 80.3 Å².